The second-order valence-electron chi connectivity index (χ2n) is 4.57. The summed E-state index contributed by atoms with van der Waals surface area (Å²) < 4.78 is 25.8. The third-order valence-electron chi connectivity index (χ3n) is 3.20. The smallest absolute Gasteiger partial charge is 0.264 e. The molecule has 0 aliphatic carbocycles. The van der Waals surface area contributed by atoms with Crippen molar-refractivity contribution in [2.24, 2.45) is 0 Å². The maximum absolute atomic E-state index is 11.2. The molecule has 0 radical (unpaired) electrons. The van der Waals surface area contributed by atoms with Crippen LogP contribution in [0.1, 0.15) is 38.4 Å². The molecule has 2 heterocycles. The minimum Gasteiger partial charge on any atom is -0.269 e. The highest BCUT2D eigenvalue weighted by Crippen LogP contribution is 2.16. The van der Waals surface area contributed by atoms with Crippen molar-refractivity contribution in [2.45, 2.75) is 44.2 Å². The maximum atomic E-state index is 11.2. The van der Waals surface area contributed by atoms with Gasteiger partial charge < -0.3 is 0 Å². The van der Waals surface area contributed by atoms with Gasteiger partial charge in [-0.3, -0.25) is 9.36 Å². The fourth-order valence-electron chi connectivity index (χ4n) is 2.05. The van der Waals surface area contributed by atoms with Crippen LogP contribution in [-0.4, -0.2) is 28.0 Å². The molecule has 0 unspecified atom stereocenters. The number of nitrogens with zero attached hydrogens (tertiary/aromatic N) is 4. The first kappa shape index (κ1) is 15.1. The van der Waals surface area contributed by atoms with Crippen LogP contribution < -0.4 is 0 Å². The van der Waals surface area contributed by atoms with E-state index in [-0.39, 0.29) is 4.90 Å². The van der Waals surface area contributed by atoms with Gasteiger partial charge in [0.2, 0.25) is 0 Å². The third kappa shape index (κ3) is 3.40. The van der Waals surface area contributed by atoms with Crippen LogP contribution >= 0.6 is 10.7 Å². The summed E-state index contributed by atoms with van der Waals surface area (Å²) >= 11 is 0. The Balaban J connectivity index is 2.13. The quantitative estimate of drug-likeness (QED) is 0.767. The van der Waals surface area contributed by atoms with Crippen LogP contribution in [0.25, 0.3) is 0 Å². The first-order valence-corrected chi connectivity index (χ1v) is 8.76. The van der Waals surface area contributed by atoms with Gasteiger partial charge in [0.05, 0.1) is 24.5 Å². The molecule has 0 aromatic carbocycles. The van der Waals surface area contributed by atoms with Crippen LogP contribution in [0.3, 0.4) is 0 Å². The third-order valence-corrected chi connectivity index (χ3v) is 4.50. The Morgan fingerprint density at radius 3 is 2.60 bits per heavy atom. The van der Waals surface area contributed by atoms with E-state index in [1.54, 1.807) is 0 Å². The van der Waals surface area contributed by atoms with Gasteiger partial charge in [0.1, 0.15) is 4.90 Å². The molecule has 0 N–H and O–H groups in total. The van der Waals surface area contributed by atoms with Gasteiger partial charge in [0.15, 0.2) is 0 Å². The molecule has 0 amide bonds. The van der Waals surface area contributed by atoms with E-state index < -0.39 is 9.05 Å². The van der Waals surface area contributed by atoms with E-state index in [4.69, 9.17) is 10.7 Å². The van der Waals surface area contributed by atoms with Crippen molar-refractivity contribution in [1.82, 2.24) is 19.6 Å². The van der Waals surface area contributed by atoms with E-state index in [1.807, 2.05) is 16.9 Å². The lowest BCUT2D eigenvalue weighted by molar-refractivity contribution is 0.424. The van der Waals surface area contributed by atoms with Crippen molar-refractivity contribution in [2.75, 3.05) is 0 Å². The molecule has 0 spiro atoms. The van der Waals surface area contributed by atoms with Crippen LogP contribution in [0.4, 0.5) is 0 Å². The van der Waals surface area contributed by atoms with Crippen LogP contribution in [0.15, 0.2) is 29.6 Å². The minimum atomic E-state index is -3.73. The summed E-state index contributed by atoms with van der Waals surface area (Å²) in [6, 6.07) is 2.30. The minimum absolute atomic E-state index is 0.00130. The standard InChI is InChI=1S/C12H17ClN4O2S/c1-3-11(4-2)17-6-5-10(15-17)8-16-9-12(7-14-16)20(13,18)19/h5-7,9,11H,3-4,8H2,1-2H3. The van der Waals surface area contributed by atoms with Crippen LogP contribution in [0.2, 0.25) is 0 Å². The first-order chi connectivity index (χ1) is 9.44. The van der Waals surface area contributed by atoms with E-state index in [9.17, 15) is 8.42 Å². The van der Waals surface area contributed by atoms with Gasteiger partial charge in [-0.25, -0.2) is 8.42 Å². The molecule has 0 bridgehead atoms. The summed E-state index contributed by atoms with van der Waals surface area (Å²) in [6.07, 6.45) is 6.62. The average molecular weight is 317 g/mol. The molecule has 0 aliphatic heterocycles. The van der Waals surface area contributed by atoms with Crippen LogP contribution in [0, 0.1) is 0 Å². The molecule has 0 atom stereocenters. The summed E-state index contributed by atoms with van der Waals surface area (Å²) in [5.41, 5.74) is 0.832. The summed E-state index contributed by atoms with van der Waals surface area (Å²) in [4.78, 5) is -0.00130. The Bertz CT molecular complexity index is 673. The van der Waals surface area contributed by atoms with Crippen molar-refractivity contribution in [1.29, 1.82) is 0 Å². The zero-order chi connectivity index (χ0) is 14.8. The Hall–Kier alpha value is -1.34. The van der Waals surface area contributed by atoms with Crippen molar-refractivity contribution in [3.05, 3.63) is 30.4 Å². The van der Waals surface area contributed by atoms with Crippen LogP contribution in [0.5, 0.6) is 0 Å². The molecule has 2 aromatic heterocycles. The fraction of sp³-hybridized carbons (Fsp3) is 0.500. The second-order valence-corrected chi connectivity index (χ2v) is 7.13. The summed E-state index contributed by atoms with van der Waals surface area (Å²) in [6.45, 7) is 4.67. The second kappa shape index (κ2) is 5.97. The van der Waals surface area contributed by atoms with Crippen molar-refractivity contribution >= 4 is 19.7 Å². The Morgan fingerprint density at radius 1 is 1.35 bits per heavy atom. The molecule has 0 saturated carbocycles. The molecule has 0 saturated heterocycles. The Kier molecular flexibility index (Phi) is 4.49. The van der Waals surface area contributed by atoms with Gasteiger partial charge in [0, 0.05) is 23.1 Å². The van der Waals surface area contributed by atoms with Gasteiger partial charge in [-0.15, -0.1) is 0 Å². The fourth-order valence-corrected chi connectivity index (χ4v) is 2.71. The van der Waals surface area contributed by atoms with Gasteiger partial charge in [-0.2, -0.15) is 10.2 Å². The van der Waals surface area contributed by atoms with Crippen molar-refractivity contribution in [3.63, 3.8) is 0 Å². The number of rotatable bonds is 6. The normalized spacial score (nSPS) is 12.2. The van der Waals surface area contributed by atoms with Crippen molar-refractivity contribution < 1.29 is 8.42 Å². The topological polar surface area (TPSA) is 69.8 Å². The highest BCUT2D eigenvalue weighted by atomic mass is 35.7. The number of hydrogen-bond donors (Lipinski definition) is 0. The predicted molar refractivity (Wildman–Crippen MR) is 76.2 cm³/mol. The monoisotopic (exact) mass is 316 g/mol. The summed E-state index contributed by atoms with van der Waals surface area (Å²) in [7, 11) is 1.53. The van der Waals surface area contributed by atoms with Gasteiger partial charge in [0.25, 0.3) is 9.05 Å². The highest BCUT2D eigenvalue weighted by Gasteiger charge is 2.13. The molecule has 0 fully saturated rings. The Morgan fingerprint density at radius 2 is 2.05 bits per heavy atom. The molecule has 2 rings (SSSR count). The lowest BCUT2D eigenvalue weighted by atomic mass is 10.2. The van der Waals surface area contributed by atoms with E-state index in [2.05, 4.69) is 24.0 Å². The molecule has 0 aliphatic rings. The molecule has 2 aromatic rings. The van der Waals surface area contributed by atoms with E-state index in [1.165, 1.54) is 17.1 Å². The number of aromatic nitrogens is 4. The molecule has 110 valence electrons. The largest absolute Gasteiger partial charge is 0.269 e. The molecule has 6 nitrogen and oxygen atoms in total. The number of hydrogen-bond acceptors (Lipinski definition) is 4. The molecular weight excluding hydrogens is 300 g/mol. The maximum Gasteiger partial charge on any atom is 0.264 e. The lowest BCUT2D eigenvalue weighted by Gasteiger charge is -2.12. The first-order valence-electron chi connectivity index (χ1n) is 6.45. The van der Waals surface area contributed by atoms with Crippen molar-refractivity contribution in [3.8, 4) is 0 Å². The highest BCUT2D eigenvalue weighted by molar-refractivity contribution is 8.13. The molecule has 8 heteroatoms. The number of halogens is 1. The van der Waals surface area contributed by atoms with Gasteiger partial charge in [-0.1, -0.05) is 13.8 Å². The summed E-state index contributed by atoms with van der Waals surface area (Å²) in [5.74, 6) is 0. The zero-order valence-corrected chi connectivity index (χ0v) is 13.0. The SMILES string of the molecule is CCC(CC)n1ccc(Cn2cc(S(=O)(=O)Cl)cn2)n1. The van der Waals surface area contributed by atoms with Crippen LogP contribution in [-0.2, 0) is 15.6 Å². The van der Waals surface area contributed by atoms with E-state index in [0.717, 1.165) is 18.5 Å². The van der Waals surface area contributed by atoms with E-state index in [0.29, 0.717) is 12.6 Å². The average Bonchev–Trinajstić information content (AvgIpc) is 3.00. The Labute approximate surface area is 122 Å². The van der Waals surface area contributed by atoms with Gasteiger partial charge in [-0.05, 0) is 18.9 Å². The molecular formula is C12H17ClN4O2S. The van der Waals surface area contributed by atoms with E-state index >= 15 is 0 Å². The zero-order valence-electron chi connectivity index (χ0n) is 11.4. The lowest BCUT2D eigenvalue weighted by Crippen LogP contribution is -2.09. The molecule has 20 heavy (non-hydrogen) atoms. The van der Waals surface area contributed by atoms with Gasteiger partial charge >= 0.3 is 0 Å². The summed E-state index contributed by atoms with van der Waals surface area (Å²) in [5, 5.41) is 8.47. The predicted octanol–water partition coefficient (Wildman–Crippen LogP) is 2.42.